The van der Waals surface area contributed by atoms with E-state index >= 15 is 0 Å². The van der Waals surface area contributed by atoms with E-state index in [9.17, 15) is 0 Å². The Hall–Kier alpha value is -0.800. The van der Waals surface area contributed by atoms with Gasteiger partial charge in [0.1, 0.15) is 5.82 Å². The predicted octanol–water partition coefficient (Wildman–Crippen LogP) is 4.57. The van der Waals surface area contributed by atoms with E-state index in [0.717, 1.165) is 49.1 Å². The molecule has 0 radical (unpaired) electrons. The molecule has 21 heavy (non-hydrogen) atoms. The third-order valence-corrected chi connectivity index (χ3v) is 4.62. The quantitative estimate of drug-likeness (QED) is 0.863. The fourth-order valence-corrected chi connectivity index (χ4v) is 2.96. The Bertz CT molecular complexity index is 459. The van der Waals surface area contributed by atoms with E-state index in [1.165, 1.54) is 19.3 Å². The summed E-state index contributed by atoms with van der Waals surface area (Å²) in [7, 11) is 0. The first kappa shape index (κ1) is 16.6. The number of anilines is 1. The fraction of sp³-hybridized carbons (Fsp3) is 0.706. The predicted molar refractivity (Wildman–Crippen MR) is 90.9 cm³/mol. The maximum atomic E-state index is 6.33. The molecule has 3 nitrogen and oxygen atoms in total. The van der Waals surface area contributed by atoms with Crippen molar-refractivity contribution < 1.29 is 0 Å². The normalized spacial score (nSPS) is 19.2. The van der Waals surface area contributed by atoms with Gasteiger partial charge in [-0.05, 0) is 56.3 Å². The third-order valence-electron chi connectivity index (χ3n) is 4.28. The monoisotopic (exact) mass is 309 g/mol. The molecule has 2 heterocycles. The van der Waals surface area contributed by atoms with Crippen molar-refractivity contribution >= 4 is 17.4 Å². The van der Waals surface area contributed by atoms with Crippen molar-refractivity contribution in [3.05, 3.63) is 22.8 Å². The third kappa shape index (κ3) is 5.15. The lowest BCUT2D eigenvalue weighted by atomic mass is 9.85. The molecule has 1 saturated heterocycles. The zero-order chi connectivity index (χ0) is 15.3. The number of halogens is 1. The van der Waals surface area contributed by atoms with Gasteiger partial charge in [0.25, 0.3) is 0 Å². The van der Waals surface area contributed by atoms with Gasteiger partial charge in [0.2, 0.25) is 0 Å². The van der Waals surface area contributed by atoms with Gasteiger partial charge in [0.05, 0.1) is 10.7 Å². The van der Waals surface area contributed by atoms with Gasteiger partial charge in [-0.15, -0.1) is 0 Å². The second-order valence-electron chi connectivity index (χ2n) is 6.85. The zero-order valence-electron chi connectivity index (χ0n) is 13.6. The molecule has 0 atom stereocenters. The highest BCUT2D eigenvalue weighted by molar-refractivity contribution is 6.31. The Morgan fingerprint density at radius 1 is 1.29 bits per heavy atom. The second-order valence-corrected chi connectivity index (χ2v) is 7.25. The first-order valence-electron chi connectivity index (χ1n) is 8.12. The van der Waals surface area contributed by atoms with Crippen LogP contribution in [0, 0.1) is 5.41 Å². The van der Waals surface area contributed by atoms with E-state index in [-0.39, 0.29) is 0 Å². The number of nitrogens with zero attached hydrogens (tertiary/aromatic N) is 2. The lowest BCUT2D eigenvalue weighted by Gasteiger charge is -2.23. The van der Waals surface area contributed by atoms with Crippen LogP contribution >= 0.6 is 11.6 Å². The Balaban J connectivity index is 2.01. The molecular weight excluding hydrogens is 282 g/mol. The van der Waals surface area contributed by atoms with Gasteiger partial charge in [0, 0.05) is 13.1 Å². The molecule has 0 unspecified atom stereocenters. The molecule has 0 spiro atoms. The number of rotatable bonds is 5. The molecule has 1 fully saturated rings. The summed E-state index contributed by atoms with van der Waals surface area (Å²) in [6, 6.07) is 3.93. The average Bonchev–Trinajstić information content (AvgIpc) is 2.61. The molecule has 1 aromatic heterocycles. The van der Waals surface area contributed by atoms with Crippen molar-refractivity contribution in [3.63, 3.8) is 0 Å². The standard InChI is InChI=1S/C17H28ClN3/c1-4-10-19-16-7-6-14(18)15(20-16)13-21-11-5-8-17(2,3)9-12-21/h6-7H,4-5,8-13H2,1-3H3,(H,19,20). The number of hydrogen-bond donors (Lipinski definition) is 1. The molecule has 0 saturated carbocycles. The highest BCUT2D eigenvalue weighted by Gasteiger charge is 2.23. The summed E-state index contributed by atoms with van der Waals surface area (Å²) in [5, 5.41) is 4.11. The van der Waals surface area contributed by atoms with E-state index < -0.39 is 0 Å². The van der Waals surface area contributed by atoms with Crippen molar-refractivity contribution in [2.75, 3.05) is 25.0 Å². The van der Waals surface area contributed by atoms with E-state index in [1.807, 2.05) is 12.1 Å². The zero-order valence-corrected chi connectivity index (χ0v) is 14.3. The van der Waals surface area contributed by atoms with Gasteiger partial charge in [-0.25, -0.2) is 4.98 Å². The van der Waals surface area contributed by atoms with Crippen LogP contribution in [0.25, 0.3) is 0 Å². The van der Waals surface area contributed by atoms with Gasteiger partial charge < -0.3 is 5.32 Å². The van der Waals surface area contributed by atoms with E-state index in [4.69, 9.17) is 11.6 Å². The van der Waals surface area contributed by atoms with Crippen molar-refractivity contribution in [1.29, 1.82) is 0 Å². The van der Waals surface area contributed by atoms with Crippen LogP contribution in [0.15, 0.2) is 12.1 Å². The molecule has 1 aliphatic heterocycles. The summed E-state index contributed by atoms with van der Waals surface area (Å²) in [5.41, 5.74) is 1.47. The average molecular weight is 310 g/mol. The van der Waals surface area contributed by atoms with Crippen LogP contribution in [0.4, 0.5) is 5.82 Å². The minimum atomic E-state index is 0.469. The van der Waals surface area contributed by atoms with E-state index in [1.54, 1.807) is 0 Å². The van der Waals surface area contributed by atoms with E-state index in [0.29, 0.717) is 5.41 Å². The number of aromatic nitrogens is 1. The smallest absolute Gasteiger partial charge is 0.126 e. The van der Waals surface area contributed by atoms with Crippen LogP contribution in [0.1, 0.15) is 52.1 Å². The summed E-state index contributed by atoms with van der Waals surface area (Å²) < 4.78 is 0. The molecule has 1 aliphatic rings. The molecule has 1 N–H and O–H groups in total. The molecular formula is C17H28ClN3. The summed E-state index contributed by atoms with van der Waals surface area (Å²) in [5.74, 6) is 0.936. The molecule has 1 aromatic rings. The number of likely N-dealkylation sites (tertiary alicyclic amines) is 1. The van der Waals surface area contributed by atoms with Crippen molar-refractivity contribution in [2.24, 2.45) is 5.41 Å². The minimum absolute atomic E-state index is 0.469. The molecule has 2 rings (SSSR count). The van der Waals surface area contributed by atoms with Crippen LogP contribution in [-0.2, 0) is 6.54 Å². The van der Waals surface area contributed by atoms with Gasteiger partial charge >= 0.3 is 0 Å². The molecule has 4 heteroatoms. The van der Waals surface area contributed by atoms with Crippen LogP contribution in [0.2, 0.25) is 5.02 Å². The van der Waals surface area contributed by atoms with Gasteiger partial charge in [-0.1, -0.05) is 32.4 Å². The minimum Gasteiger partial charge on any atom is -0.370 e. The first-order valence-corrected chi connectivity index (χ1v) is 8.49. The molecule has 0 amide bonds. The van der Waals surface area contributed by atoms with Gasteiger partial charge in [-0.2, -0.15) is 0 Å². The lowest BCUT2D eigenvalue weighted by molar-refractivity contribution is 0.253. The molecule has 0 aromatic carbocycles. The topological polar surface area (TPSA) is 28.2 Å². The maximum Gasteiger partial charge on any atom is 0.126 e. The molecule has 0 aliphatic carbocycles. The Kier molecular flexibility index (Phi) is 5.88. The fourth-order valence-electron chi connectivity index (χ4n) is 2.80. The van der Waals surface area contributed by atoms with Crippen LogP contribution in [0.5, 0.6) is 0 Å². The Labute approximate surface area is 134 Å². The summed E-state index contributed by atoms with van der Waals surface area (Å²) >= 11 is 6.33. The second kappa shape index (κ2) is 7.46. The summed E-state index contributed by atoms with van der Waals surface area (Å²) in [6.45, 7) is 11.0. The number of nitrogens with one attached hydrogen (secondary N) is 1. The lowest BCUT2D eigenvalue weighted by Crippen LogP contribution is -2.25. The number of hydrogen-bond acceptors (Lipinski definition) is 3. The van der Waals surface area contributed by atoms with Crippen molar-refractivity contribution in [2.45, 2.75) is 53.0 Å². The first-order chi connectivity index (χ1) is 10.00. The summed E-state index contributed by atoms with van der Waals surface area (Å²) in [4.78, 5) is 7.18. The molecule has 0 bridgehead atoms. The maximum absolute atomic E-state index is 6.33. The SMILES string of the molecule is CCCNc1ccc(Cl)c(CN2CCCC(C)(C)CC2)n1. The summed E-state index contributed by atoms with van der Waals surface area (Å²) in [6.07, 6.45) is 4.92. The van der Waals surface area contributed by atoms with Crippen molar-refractivity contribution in [3.8, 4) is 0 Å². The Morgan fingerprint density at radius 3 is 2.86 bits per heavy atom. The highest BCUT2D eigenvalue weighted by atomic mass is 35.5. The van der Waals surface area contributed by atoms with Crippen molar-refractivity contribution in [1.82, 2.24) is 9.88 Å². The highest BCUT2D eigenvalue weighted by Crippen LogP contribution is 2.30. The van der Waals surface area contributed by atoms with Gasteiger partial charge in [-0.3, -0.25) is 4.90 Å². The number of pyridine rings is 1. The van der Waals surface area contributed by atoms with Crippen LogP contribution < -0.4 is 5.32 Å². The Morgan fingerprint density at radius 2 is 2.10 bits per heavy atom. The molecule has 118 valence electrons. The van der Waals surface area contributed by atoms with Gasteiger partial charge in [0.15, 0.2) is 0 Å². The van der Waals surface area contributed by atoms with Crippen LogP contribution in [-0.4, -0.2) is 29.5 Å². The van der Waals surface area contributed by atoms with E-state index in [2.05, 4.69) is 36.0 Å². The van der Waals surface area contributed by atoms with Crippen LogP contribution in [0.3, 0.4) is 0 Å². The largest absolute Gasteiger partial charge is 0.370 e.